The molecule has 0 radical (unpaired) electrons. The number of amides is 3. The van der Waals surface area contributed by atoms with Gasteiger partial charge in [-0.15, -0.1) is 0 Å². The largest absolute Gasteiger partial charge is 0.352 e. The van der Waals surface area contributed by atoms with Gasteiger partial charge in [0.15, 0.2) is 0 Å². The number of hydrogen-bond acceptors (Lipinski definition) is 4. The van der Waals surface area contributed by atoms with Crippen LogP contribution in [0.4, 0.5) is 0 Å². The Morgan fingerprint density at radius 1 is 1.21 bits per heavy atom. The van der Waals surface area contributed by atoms with Crippen molar-refractivity contribution in [2.24, 2.45) is 5.92 Å². The third-order valence-corrected chi connectivity index (χ3v) is 4.01. The molecule has 1 N–H and O–H groups in total. The minimum atomic E-state index is -0.219. The Morgan fingerprint density at radius 2 is 1.88 bits per heavy atom. The second kappa shape index (κ2) is 8.42. The first-order valence-corrected chi connectivity index (χ1v) is 8.23. The number of hydrogen-bond donors (Lipinski definition) is 1. The molecule has 0 spiro atoms. The van der Waals surface area contributed by atoms with Gasteiger partial charge in [-0.3, -0.25) is 19.4 Å². The molecule has 2 heterocycles. The maximum atomic E-state index is 12.5. The van der Waals surface area contributed by atoms with Crippen LogP contribution >= 0.6 is 0 Å². The Hall–Kier alpha value is -2.44. The van der Waals surface area contributed by atoms with E-state index in [0.29, 0.717) is 49.8 Å². The highest BCUT2D eigenvalue weighted by Crippen LogP contribution is 2.09. The fourth-order valence-electron chi connectivity index (χ4n) is 2.47. The maximum absolute atomic E-state index is 12.5. The fourth-order valence-corrected chi connectivity index (χ4v) is 2.47. The molecule has 7 heteroatoms. The molecule has 130 valence electrons. The summed E-state index contributed by atoms with van der Waals surface area (Å²) in [6.07, 6.45) is 4.63. The van der Waals surface area contributed by atoms with E-state index in [9.17, 15) is 14.4 Å². The molecule has 0 saturated carbocycles. The van der Waals surface area contributed by atoms with E-state index >= 15 is 0 Å². The van der Waals surface area contributed by atoms with Crippen molar-refractivity contribution in [1.29, 1.82) is 0 Å². The highest BCUT2D eigenvalue weighted by Gasteiger charge is 2.22. The topological polar surface area (TPSA) is 82.6 Å². The summed E-state index contributed by atoms with van der Waals surface area (Å²) >= 11 is 0. The molecule has 1 aromatic rings. The van der Waals surface area contributed by atoms with E-state index in [-0.39, 0.29) is 11.8 Å². The summed E-state index contributed by atoms with van der Waals surface area (Å²) in [6, 6.07) is 1.58. The summed E-state index contributed by atoms with van der Waals surface area (Å²) in [7, 11) is 0. The van der Waals surface area contributed by atoms with Gasteiger partial charge in [-0.25, -0.2) is 0 Å². The van der Waals surface area contributed by atoms with Crippen LogP contribution in [0.3, 0.4) is 0 Å². The van der Waals surface area contributed by atoms with Crippen molar-refractivity contribution in [2.75, 3.05) is 32.7 Å². The highest BCUT2D eigenvalue weighted by atomic mass is 16.2. The molecular formula is C17H24N4O3. The van der Waals surface area contributed by atoms with Crippen LogP contribution < -0.4 is 5.32 Å². The van der Waals surface area contributed by atoms with E-state index in [4.69, 9.17) is 0 Å². The van der Waals surface area contributed by atoms with Crippen LogP contribution in [-0.4, -0.2) is 65.7 Å². The van der Waals surface area contributed by atoms with Crippen molar-refractivity contribution in [3.63, 3.8) is 0 Å². The number of rotatable bonds is 6. The fraction of sp³-hybridized carbons (Fsp3) is 0.529. The van der Waals surface area contributed by atoms with E-state index < -0.39 is 0 Å². The summed E-state index contributed by atoms with van der Waals surface area (Å²) in [4.78, 5) is 42.7. The van der Waals surface area contributed by atoms with Crippen LogP contribution in [0.25, 0.3) is 0 Å². The molecular weight excluding hydrogens is 308 g/mol. The van der Waals surface area contributed by atoms with Crippen molar-refractivity contribution in [2.45, 2.75) is 20.3 Å². The van der Waals surface area contributed by atoms with Crippen LogP contribution in [0.1, 0.15) is 41.0 Å². The van der Waals surface area contributed by atoms with Crippen molar-refractivity contribution in [1.82, 2.24) is 20.1 Å². The van der Waals surface area contributed by atoms with Crippen LogP contribution in [-0.2, 0) is 4.79 Å². The molecule has 1 aromatic heterocycles. The average Bonchev–Trinajstić information content (AvgIpc) is 2.61. The normalized spacial score (nSPS) is 14.6. The molecule has 24 heavy (non-hydrogen) atoms. The molecule has 7 nitrogen and oxygen atoms in total. The molecule has 0 aliphatic carbocycles. The number of carbonyl (C=O) groups excluding carboxylic acids is 3. The lowest BCUT2D eigenvalue weighted by Gasteiger charge is -2.32. The van der Waals surface area contributed by atoms with Gasteiger partial charge in [0.05, 0.1) is 11.1 Å². The third kappa shape index (κ3) is 4.78. The van der Waals surface area contributed by atoms with Crippen LogP contribution in [0.5, 0.6) is 0 Å². The van der Waals surface area contributed by atoms with Gasteiger partial charge >= 0.3 is 0 Å². The zero-order valence-electron chi connectivity index (χ0n) is 14.2. The molecule has 0 unspecified atom stereocenters. The van der Waals surface area contributed by atoms with E-state index in [0.717, 1.165) is 12.8 Å². The van der Waals surface area contributed by atoms with Crippen molar-refractivity contribution >= 4 is 18.2 Å². The number of carbonyl (C=O) groups is 3. The quantitative estimate of drug-likeness (QED) is 0.780. The summed E-state index contributed by atoms with van der Waals surface area (Å²) < 4.78 is 0. The Morgan fingerprint density at radius 3 is 2.50 bits per heavy atom. The summed E-state index contributed by atoms with van der Waals surface area (Å²) in [5, 5.41) is 2.84. The SMILES string of the molecule is CC(C)CCNC(=O)c1cncc(C(=O)N2CCN(C=O)CC2)c1. The number of nitrogens with one attached hydrogen (secondary N) is 1. The predicted octanol–water partition coefficient (Wildman–Crippen LogP) is 0.772. The van der Waals surface area contributed by atoms with Crippen molar-refractivity contribution in [3.05, 3.63) is 29.6 Å². The van der Waals surface area contributed by atoms with Gasteiger partial charge in [0, 0.05) is 45.1 Å². The molecule has 3 amide bonds. The van der Waals surface area contributed by atoms with Crippen LogP contribution in [0.2, 0.25) is 0 Å². The lowest BCUT2D eigenvalue weighted by atomic mass is 10.1. The summed E-state index contributed by atoms with van der Waals surface area (Å²) in [6.45, 7) is 6.82. The molecule has 0 aromatic carbocycles. The minimum Gasteiger partial charge on any atom is -0.352 e. The van der Waals surface area contributed by atoms with E-state index in [1.165, 1.54) is 12.4 Å². The van der Waals surface area contributed by atoms with Gasteiger partial charge in [-0.1, -0.05) is 13.8 Å². The van der Waals surface area contributed by atoms with Gasteiger partial charge in [-0.2, -0.15) is 0 Å². The van der Waals surface area contributed by atoms with Gasteiger partial charge in [0.25, 0.3) is 11.8 Å². The molecule has 0 bridgehead atoms. The molecule has 2 rings (SSSR count). The van der Waals surface area contributed by atoms with Crippen LogP contribution in [0, 0.1) is 5.92 Å². The lowest BCUT2D eigenvalue weighted by Crippen LogP contribution is -2.48. The molecule has 1 fully saturated rings. The Balaban J connectivity index is 1.97. The van der Waals surface area contributed by atoms with Gasteiger partial charge < -0.3 is 15.1 Å². The van der Waals surface area contributed by atoms with Gasteiger partial charge in [0.2, 0.25) is 6.41 Å². The zero-order valence-corrected chi connectivity index (χ0v) is 14.2. The second-order valence-corrected chi connectivity index (χ2v) is 6.33. The smallest absolute Gasteiger partial charge is 0.255 e. The highest BCUT2D eigenvalue weighted by molar-refractivity contribution is 5.99. The average molecular weight is 332 g/mol. The van der Waals surface area contributed by atoms with E-state index in [1.54, 1.807) is 15.9 Å². The Bertz CT molecular complexity index is 595. The lowest BCUT2D eigenvalue weighted by molar-refractivity contribution is -0.119. The predicted molar refractivity (Wildman–Crippen MR) is 89.6 cm³/mol. The van der Waals surface area contributed by atoms with Gasteiger partial charge in [-0.05, 0) is 18.4 Å². The molecule has 0 atom stereocenters. The number of nitrogens with zero attached hydrogens (tertiary/aromatic N) is 3. The first-order valence-electron chi connectivity index (χ1n) is 8.23. The van der Waals surface area contributed by atoms with E-state index in [1.807, 2.05) is 0 Å². The first kappa shape index (κ1) is 17.9. The van der Waals surface area contributed by atoms with Gasteiger partial charge in [0.1, 0.15) is 0 Å². The van der Waals surface area contributed by atoms with Crippen molar-refractivity contribution < 1.29 is 14.4 Å². The maximum Gasteiger partial charge on any atom is 0.255 e. The van der Waals surface area contributed by atoms with E-state index in [2.05, 4.69) is 24.1 Å². The second-order valence-electron chi connectivity index (χ2n) is 6.33. The third-order valence-electron chi connectivity index (χ3n) is 4.01. The molecule has 1 aliphatic rings. The summed E-state index contributed by atoms with van der Waals surface area (Å²) in [5.41, 5.74) is 0.780. The number of piperazine rings is 1. The minimum absolute atomic E-state index is 0.162. The number of pyridine rings is 1. The first-order chi connectivity index (χ1) is 11.5. The molecule has 1 aliphatic heterocycles. The number of aromatic nitrogens is 1. The monoisotopic (exact) mass is 332 g/mol. The zero-order chi connectivity index (χ0) is 17.5. The van der Waals surface area contributed by atoms with Crippen molar-refractivity contribution in [3.8, 4) is 0 Å². The standard InChI is InChI=1S/C17H24N4O3/c1-13(2)3-4-19-16(23)14-9-15(11-18-10-14)17(24)21-7-5-20(12-22)6-8-21/h9-13H,3-8H2,1-2H3,(H,19,23). The Kier molecular flexibility index (Phi) is 6.28. The Labute approximate surface area is 142 Å². The molecule has 1 saturated heterocycles. The van der Waals surface area contributed by atoms with Crippen LogP contribution in [0.15, 0.2) is 18.5 Å². The summed E-state index contributed by atoms with van der Waals surface area (Å²) in [5.74, 6) is 0.134.